The monoisotopic (exact) mass is 557 g/mol. The molecule has 2 N–H and O–H groups in total. The Balaban J connectivity index is 1.23. The first-order valence-electron chi connectivity index (χ1n) is 14.2. The highest BCUT2D eigenvalue weighted by Gasteiger charge is 2.75. The number of aryl methyl sites for hydroxylation is 1. The van der Waals surface area contributed by atoms with Crippen molar-refractivity contribution in [3.63, 3.8) is 0 Å². The summed E-state index contributed by atoms with van der Waals surface area (Å²) in [6.07, 6.45) is 9.61. The normalized spacial score (nSPS) is 26.7. The van der Waals surface area contributed by atoms with Crippen molar-refractivity contribution in [1.82, 2.24) is 25.2 Å². The van der Waals surface area contributed by atoms with Gasteiger partial charge < -0.3 is 15.4 Å². The molecule has 0 bridgehead atoms. The average Bonchev–Trinajstić information content (AvgIpc) is 3.38. The van der Waals surface area contributed by atoms with Crippen molar-refractivity contribution in [1.29, 1.82) is 0 Å². The molecule has 5 atom stereocenters. The molecule has 0 saturated heterocycles. The van der Waals surface area contributed by atoms with E-state index in [4.69, 9.17) is 0 Å². The van der Waals surface area contributed by atoms with Crippen molar-refractivity contribution in [2.24, 2.45) is 17.3 Å². The van der Waals surface area contributed by atoms with Crippen LogP contribution in [0.2, 0.25) is 0 Å². The van der Waals surface area contributed by atoms with E-state index in [1.165, 1.54) is 41.5 Å². The fraction of sp³-hybridized carbons (Fsp3) is 0.516. The summed E-state index contributed by atoms with van der Waals surface area (Å²) >= 11 is 1.58. The second kappa shape index (κ2) is 10.2. The Morgan fingerprint density at radius 1 is 1.32 bits per heavy atom. The summed E-state index contributed by atoms with van der Waals surface area (Å²) < 4.78 is 1.37. The third kappa shape index (κ3) is 4.03. The van der Waals surface area contributed by atoms with Gasteiger partial charge in [0.2, 0.25) is 5.91 Å². The number of hydrogen-bond acceptors (Lipinski definition) is 7. The predicted octanol–water partition coefficient (Wildman–Crippen LogP) is 3.89. The van der Waals surface area contributed by atoms with E-state index in [1.54, 1.807) is 37.4 Å². The Bertz CT molecular complexity index is 1610. The lowest BCUT2D eigenvalue weighted by Gasteiger charge is -2.71. The van der Waals surface area contributed by atoms with Gasteiger partial charge in [0.25, 0.3) is 5.56 Å². The molecule has 2 aromatic heterocycles. The zero-order valence-electron chi connectivity index (χ0n) is 23.3. The van der Waals surface area contributed by atoms with Crippen LogP contribution in [0.15, 0.2) is 29.2 Å². The quantitative estimate of drug-likeness (QED) is 0.306. The number of hydrogen-bond donors (Lipinski definition) is 2. The van der Waals surface area contributed by atoms with E-state index in [1.807, 2.05) is 12.3 Å². The molecule has 3 saturated carbocycles. The first-order chi connectivity index (χ1) is 19.4. The molecule has 2 heterocycles. The van der Waals surface area contributed by atoms with Gasteiger partial charge in [-0.05, 0) is 80.8 Å². The van der Waals surface area contributed by atoms with Gasteiger partial charge in [-0.2, -0.15) is 0 Å². The van der Waals surface area contributed by atoms with Gasteiger partial charge in [0.1, 0.15) is 12.1 Å². The van der Waals surface area contributed by atoms with E-state index in [-0.39, 0.29) is 24.3 Å². The predicted molar refractivity (Wildman–Crippen MR) is 155 cm³/mol. The number of aromatic nitrogens is 3. The van der Waals surface area contributed by atoms with Crippen LogP contribution in [0.1, 0.15) is 79.2 Å². The number of nitrogens with one attached hydrogen (secondary N) is 2. The lowest BCUT2D eigenvalue weighted by atomic mass is 9.37. The zero-order chi connectivity index (χ0) is 28.1. The van der Waals surface area contributed by atoms with Crippen LogP contribution in [0.5, 0.6) is 0 Å². The molecular weight excluding hydrogens is 522 g/mol. The highest BCUT2D eigenvalue weighted by molar-refractivity contribution is 7.12. The third-order valence-electron chi connectivity index (χ3n) is 10.0. The smallest absolute Gasteiger partial charge is 0.263 e. The molecular formula is C31H35N5O3S. The second-order valence-corrected chi connectivity index (χ2v) is 12.6. The lowest BCUT2D eigenvalue weighted by Crippen LogP contribution is -2.74. The summed E-state index contributed by atoms with van der Waals surface area (Å²) in [6.45, 7) is 4.87. The van der Waals surface area contributed by atoms with Crippen molar-refractivity contribution in [2.45, 2.75) is 76.9 Å². The molecule has 5 unspecified atom stereocenters. The van der Waals surface area contributed by atoms with Crippen LogP contribution in [0.25, 0.3) is 10.9 Å². The van der Waals surface area contributed by atoms with Gasteiger partial charge in [0.05, 0.1) is 16.9 Å². The van der Waals surface area contributed by atoms with Crippen LogP contribution in [-0.2, 0) is 16.1 Å². The summed E-state index contributed by atoms with van der Waals surface area (Å²) in [5.41, 5.74) is 1.57. The van der Waals surface area contributed by atoms with Crippen molar-refractivity contribution in [3.05, 3.63) is 56.0 Å². The second-order valence-electron chi connectivity index (χ2n) is 11.5. The minimum atomic E-state index is -0.788. The Morgan fingerprint density at radius 3 is 2.92 bits per heavy atom. The maximum Gasteiger partial charge on any atom is 0.263 e. The molecule has 0 aliphatic heterocycles. The molecule has 3 aromatic rings. The molecule has 9 heteroatoms. The topological polar surface area (TPSA) is 106 Å². The minimum absolute atomic E-state index is 0.133. The molecule has 0 radical (unpaired) electrons. The van der Waals surface area contributed by atoms with Gasteiger partial charge >= 0.3 is 0 Å². The Kier molecular flexibility index (Phi) is 6.87. The zero-order valence-corrected chi connectivity index (χ0v) is 24.1. The van der Waals surface area contributed by atoms with Crippen molar-refractivity contribution >= 4 is 34.4 Å². The third-order valence-corrected chi connectivity index (χ3v) is 10.9. The fourth-order valence-corrected chi connectivity index (χ4v) is 8.88. The van der Waals surface area contributed by atoms with Crippen LogP contribution in [0, 0.1) is 36.0 Å². The van der Waals surface area contributed by atoms with Gasteiger partial charge in [0, 0.05) is 42.2 Å². The van der Waals surface area contributed by atoms with Crippen LogP contribution >= 0.6 is 11.3 Å². The van der Waals surface area contributed by atoms with Crippen LogP contribution in [-0.4, -0.2) is 39.3 Å². The number of nitrogens with zero attached hydrogens (tertiary/aromatic N) is 3. The summed E-state index contributed by atoms with van der Waals surface area (Å²) in [5.74, 6) is 8.36. The Labute approximate surface area is 238 Å². The largest absolute Gasteiger partial charge is 0.359 e. The molecule has 40 heavy (non-hydrogen) atoms. The summed E-state index contributed by atoms with van der Waals surface area (Å²) in [4.78, 5) is 47.6. The number of aldehydes is 1. The first-order valence-corrected chi connectivity index (χ1v) is 15.1. The molecule has 3 aliphatic carbocycles. The summed E-state index contributed by atoms with van der Waals surface area (Å²) in [7, 11) is 1.54. The number of benzene rings is 1. The molecule has 208 valence electrons. The molecule has 1 amide bonds. The van der Waals surface area contributed by atoms with E-state index < -0.39 is 6.04 Å². The number of thiazole rings is 1. The molecule has 3 aliphatic rings. The van der Waals surface area contributed by atoms with Gasteiger partial charge in [-0.3, -0.25) is 14.2 Å². The van der Waals surface area contributed by atoms with E-state index in [0.717, 1.165) is 18.4 Å². The highest BCUT2D eigenvalue weighted by Crippen LogP contribution is 2.77. The number of carbonyl (C=O) groups is 2. The van der Waals surface area contributed by atoms with Gasteiger partial charge in [0.15, 0.2) is 5.01 Å². The van der Waals surface area contributed by atoms with Crippen LogP contribution in [0.3, 0.4) is 0 Å². The summed E-state index contributed by atoms with van der Waals surface area (Å²) in [5, 5.41) is 7.56. The van der Waals surface area contributed by atoms with Crippen LogP contribution in [0.4, 0.5) is 0 Å². The van der Waals surface area contributed by atoms with E-state index in [9.17, 15) is 14.4 Å². The van der Waals surface area contributed by atoms with Crippen molar-refractivity contribution in [2.75, 3.05) is 7.05 Å². The standard InChI is InChI=1S/C31H35N5O3S/c1-4-31-21-12-13-30(31,15-22(31)14-21)34-17-24-16-33-27(40-24)11-8-20-6-5-7-25-28(20)29(39)36(19(2)35-25)23(18-37)9-10-26(38)32-3/h5-7,16,18,21-23,34H,4,9-10,12-15,17H2,1-3H3,(H,32,38). The van der Waals surface area contributed by atoms with Crippen molar-refractivity contribution < 1.29 is 9.59 Å². The van der Waals surface area contributed by atoms with Crippen LogP contribution < -0.4 is 16.2 Å². The molecule has 3 fully saturated rings. The molecule has 1 aromatic carbocycles. The average molecular weight is 558 g/mol. The maximum absolute atomic E-state index is 13.6. The first kappa shape index (κ1) is 26.9. The minimum Gasteiger partial charge on any atom is -0.359 e. The number of carbonyl (C=O) groups excluding carboxylic acids is 2. The number of rotatable bonds is 9. The Morgan fingerprint density at radius 2 is 2.17 bits per heavy atom. The van der Waals surface area contributed by atoms with Gasteiger partial charge in [-0.25, -0.2) is 9.97 Å². The maximum atomic E-state index is 13.6. The molecule has 0 spiro atoms. The van der Waals surface area contributed by atoms with Gasteiger partial charge in [-0.1, -0.05) is 18.9 Å². The van der Waals surface area contributed by atoms with E-state index in [2.05, 4.69) is 39.4 Å². The van der Waals surface area contributed by atoms with Gasteiger partial charge in [-0.15, -0.1) is 11.3 Å². The number of fused-ring (bicyclic) bond motifs is 1. The number of amides is 1. The molecule has 6 rings (SSSR count). The molecule has 8 nitrogen and oxygen atoms in total. The highest BCUT2D eigenvalue weighted by atomic mass is 32.1. The van der Waals surface area contributed by atoms with Crippen molar-refractivity contribution in [3.8, 4) is 11.8 Å². The summed E-state index contributed by atoms with van der Waals surface area (Å²) in [6, 6.07) is 4.60. The SMILES string of the molecule is CCC12C3CCC1(NCc1cnc(C#Cc4cccc5nc(C)n(C(C=O)CCC(=O)NC)c(=O)c45)s1)CC2C3. The van der Waals surface area contributed by atoms with E-state index in [0.29, 0.717) is 44.5 Å². The Hall–Kier alpha value is -3.35. The fourth-order valence-electron chi connectivity index (χ4n) is 8.17. The van der Waals surface area contributed by atoms with E-state index >= 15 is 0 Å². The lowest BCUT2D eigenvalue weighted by molar-refractivity contribution is -0.191.